The molecule has 2 aromatic carbocycles. The maximum absolute atomic E-state index is 13.1. The van der Waals surface area contributed by atoms with Crippen LogP contribution in [0.3, 0.4) is 0 Å². The maximum atomic E-state index is 13.1. The maximum Gasteiger partial charge on any atom is 0.273 e. The van der Waals surface area contributed by atoms with Gasteiger partial charge in [-0.1, -0.05) is 36.4 Å². The molecule has 44 heavy (non-hydrogen) atoms. The molecule has 12 nitrogen and oxygen atoms in total. The smallest absolute Gasteiger partial charge is 0.273 e. The van der Waals surface area contributed by atoms with Gasteiger partial charge in [-0.15, -0.1) is 0 Å². The summed E-state index contributed by atoms with van der Waals surface area (Å²) in [7, 11) is 6.99. The van der Waals surface area contributed by atoms with Crippen LogP contribution in [0.25, 0.3) is 22.2 Å². The van der Waals surface area contributed by atoms with Gasteiger partial charge in [-0.25, -0.2) is 0 Å². The Kier molecular flexibility index (Phi) is 7.35. The Bertz CT molecular complexity index is 1960. The van der Waals surface area contributed by atoms with E-state index < -0.39 is 0 Å². The van der Waals surface area contributed by atoms with E-state index in [-0.39, 0.29) is 30.0 Å². The zero-order chi connectivity index (χ0) is 31.1. The summed E-state index contributed by atoms with van der Waals surface area (Å²) in [6.45, 7) is 0.918. The SMILES string of the molecule is CN(C)CC(=O)Nc1ccc(C(=O)Nc2ccc(C(=O)NCCn3nc4c5c(cccc53)C(=O)c3ccccc3-4)n2C)n1C. The number of carbonyl (C=O) groups is 4. The molecule has 12 heteroatoms. The van der Waals surface area contributed by atoms with Crippen LogP contribution in [0.2, 0.25) is 0 Å². The molecule has 0 fully saturated rings. The van der Waals surface area contributed by atoms with Crippen molar-refractivity contribution in [3.05, 3.63) is 89.2 Å². The number of carbonyl (C=O) groups excluding carboxylic acids is 4. The lowest BCUT2D eigenvalue weighted by Gasteiger charge is -2.13. The second kappa shape index (κ2) is 11.3. The number of rotatable bonds is 9. The van der Waals surface area contributed by atoms with E-state index >= 15 is 0 Å². The van der Waals surface area contributed by atoms with Crippen LogP contribution in [0.15, 0.2) is 66.7 Å². The predicted molar refractivity (Wildman–Crippen MR) is 167 cm³/mol. The van der Waals surface area contributed by atoms with E-state index in [0.29, 0.717) is 47.2 Å². The van der Waals surface area contributed by atoms with Crippen molar-refractivity contribution in [1.82, 2.24) is 29.1 Å². The van der Waals surface area contributed by atoms with Crippen molar-refractivity contribution in [3.63, 3.8) is 0 Å². The van der Waals surface area contributed by atoms with E-state index in [9.17, 15) is 19.2 Å². The molecule has 3 amide bonds. The van der Waals surface area contributed by atoms with E-state index in [1.54, 1.807) is 66.5 Å². The monoisotopic (exact) mass is 592 g/mol. The summed E-state index contributed by atoms with van der Waals surface area (Å²) in [6, 6.07) is 19.7. The highest BCUT2D eigenvalue weighted by molar-refractivity contribution is 6.25. The normalized spacial score (nSPS) is 12.0. The molecule has 3 N–H and O–H groups in total. The standard InChI is InChI=1S/C32H32N8O4/c1-37(2)18-27(41)34-25-14-13-24(39(25)4)32(44)35-26-15-12-23(38(26)3)31(43)33-16-17-40-22-11-7-10-21-28(22)29(36-40)19-8-5-6-9-20(19)30(21)42/h5-15H,16-18H2,1-4H3,(H,33,43)(H,34,41)(H,35,44). The van der Waals surface area contributed by atoms with Crippen molar-refractivity contribution in [2.24, 2.45) is 14.1 Å². The number of aromatic nitrogens is 4. The van der Waals surface area contributed by atoms with Crippen LogP contribution in [-0.4, -0.2) is 74.5 Å². The number of hydrogen-bond acceptors (Lipinski definition) is 6. The minimum atomic E-state index is -0.382. The number of nitrogens with one attached hydrogen (secondary N) is 3. The van der Waals surface area contributed by atoms with Gasteiger partial charge in [0.25, 0.3) is 11.8 Å². The van der Waals surface area contributed by atoms with E-state index in [4.69, 9.17) is 5.10 Å². The molecule has 0 atom stereocenters. The molecule has 6 rings (SSSR count). The molecule has 0 unspecified atom stereocenters. The Labute approximate surface area is 253 Å². The number of likely N-dealkylation sites (N-methyl/N-ethyl adjacent to an activating group) is 1. The number of benzene rings is 2. The van der Waals surface area contributed by atoms with Crippen molar-refractivity contribution >= 4 is 46.0 Å². The summed E-state index contributed by atoms with van der Waals surface area (Å²) in [4.78, 5) is 53.1. The Balaban J connectivity index is 1.11. The summed E-state index contributed by atoms with van der Waals surface area (Å²) in [5, 5.41) is 14.2. The first-order chi connectivity index (χ1) is 21.1. The van der Waals surface area contributed by atoms with Gasteiger partial charge >= 0.3 is 0 Å². The van der Waals surface area contributed by atoms with Crippen molar-refractivity contribution in [2.75, 3.05) is 37.8 Å². The van der Waals surface area contributed by atoms with Gasteiger partial charge in [0.15, 0.2) is 5.78 Å². The molecule has 1 aliphatic rings. The molecular weight excluding hydrogens is 560 g/mol. The number of amides is 3. The van der Waals surface area contributed by atoms with Crippen molar-refractivity contribution in [3.8, 4) is 11.3 Å². The lowest BCUT2D eigenvalue weighted by Crippen LogP contribution is -2.29. The van der Waals surface area contributed by atoms with Crippen LogP contribution >= 0.6 is 0 Å². The predicted octanol–water partition coefficient (Wildman–Crippen LogP) is 3.11. The van der Waals surface area contributed by atoms with Crippen molar-refractivity contribution < 1.29 is 19.2 Å². The molecule has 0 aliphatic heterocycles. The quantitative estimate of drug-likeness (QED) is 0.236. The fourth-order valence-electron chi connectivity index (χ4n) is 5.55. The van der Waals surface area contributed by atoms with Crippen molar-refractivity contribution in [1.29, 1.82) is 0 Å². The van der Waals surface area contributed by atoms with Crippen LogP contribution < -0.4 is 16.0 Å². The van der Waals surface area contributed by atoms with Crippen LogP contribution in [-0.2, 0) is 25.4 Å². The summed E-state index contributed by atoms with van der Waals surface area (Å²) in [5.41, 5.74) is 4.39. The zero-order valence-corrected chi connectivity index (χ0v) is 24.8. The average molecular weight is 593 g/mol. The molecule has 0 radical (unpaired) electrons. The third kappa shape index (κ3) is 5.05. The molecule has 0 spiro atoms. The number of fused-ring (bicyclic) bond motifs is 2. The third-order valence-corrected chi connectivity index (χ3v) is 7.74. The first-order valence-corrected chi connectivity index (χ1v) is 14.1. The minimum absolute atomic E-state index is 0.0162. The topological polar surface area (TPSA) is 135 Å². The molecule has 3 heterocycles. The number of nitrogens with zero attached hydrogens (tertiary/aromatic N) is 5. The van der Waals surface area contributed by atoms with Gasteiger partial charge in [0, 0.05) is 42.7 Å². The first kappa shape index (κ1) is 28.6. The molecule has 0 saturated heterocycles. The van der Waals surface area contributed by atoms with E-state index in [2.05, 4.69) is 16.0 Å². The molecule has 5 aromatic rings. The highest BCUT2D eigenvalue weighted by Gasteiger charge is 2.28. The third-order valence-electron chi connectivity index (χ3n) is 7.74. The molecule has 1 aliphatic carbocycles. The molecule has 3 aromatic heterocycles. The Morgan fingerprint density at radius 2 is 1.41 bits per heavy atom. The summed E-state index contributed by atoms with van der Waals surface area (Å²) < 4.78 is 5.02. The van der Waals surface area contributed by atoms with Gasteiger partial charge in [0.2, 0.25) is 5.91 Å². The van der Waals surface area contributed by atoms with Gasteiger partial charge in [0.1, 0.15) is 28.7 Å². The van der Waals surface area contributed by atoms with E-state index in [1.165, 1.54) is 0 Å². The van der Waals surface area contributed by atoms with Gasteiger partial charge in [-0.2, -0.15) is 5.10 Å². The van der Waals surface area contributed by atoms with Gasteiger partial charge in [-0.05, 0) is 44.4 Å². The van der Waals surface area contributed by atoms with Crippen LogP contribution in [0.5, 0.6) is 0 Å². The fourth-order valence-corrected chi connectivity index (χ4v) is 5.55. The number of anilines is 2. The Morgan fingerprint density at radius 1 is 0.773 bits per heavy atom. The van der Waals surface area contributed by atoms with Crippen LogP contribution in [0.4, 0.5) is 11.6 Å². The van der Waals surface area contributed by atoms with Gasteiger partial charge < -0.3 is 30.0 Å². The van der Waals surface area contributed by atoms with Gasteiger partial charge in [0.05, 0.1) is 18.6 Å². The lowest BCUT2D eigenvalue weighted by molar-refractivity contribution is -0.116. The van der Waals surface area contributed by atoms with Crippen LogP contribution in [0.1, 0.15) is 36.9 Å². The summed E-state index contributed by atoms with van der Waals surface area (Å²) >= 11 is 0. The van der Waals surface area contributed by atoms with Crippen molar-refractivity contribution in [2.45, 2.75) is 6.54 Å². The largest absolute Gasteiger partial charge is 0.349 e. The minimum Gasteiger partial charge on any atom is -0.349 e. The average Bonchev–Trinajstić information content (AvgIpc) is 3.67. The Hall–Kier alpha value is -5.49. The molecule has 0 saturated carbocycles. The van der Waals surface area contributed by atoms with Crippen LogP contribution in [0, 0.1) is 0 Å². The molecule has 0 bridgehead atoms. The number of ketones is 1. The fraction of sp³-hybridized carbons (Fsp3) is 0.219. The van der Waals surface area contributed by atoms with E-state index in [0.717, 1.165) is 22.2 Å². The Morgan fingerprint density at radius 3 is 2.11 bits per heavy atom. The van der Waals surface area contributed by atoms with Gasteiger partial charge in [-0.3, -0.25) is 23.9 Å². The second-order valence-electron chi connectivity index (χ2n) is 11.0. The zero-order valence-electron chi connectivity index (χ0n) is 24.8. The highest BCUT2D eigenvalue weighted by atomic mass is 16.2. The first-order valence-electron chi connectivity index (χ1n) is 14.1. The second-order valence-corrected chi connectivity index (χ2v) is 11.0. The summed E-state index contributed by atoms with van der Waals surface area (Å²) in [6.07, 6.45) is 0. The summed E-state index contributed by atoms with van der Waals surface area (Å²) in [5.74, 6) is 0.0481. The molecular formula is C32H32N8O4. The highest BCUT2D eigenvalue weighted by Crippen LogP contribution is 2.38. The lowest BCUT2D eigenvalue weighted by atomic mass is 9.87. The molecule has 224 valence electrons. The number of hydrogen-bond donors (Lipinski definition) is 3. The van der Waals surface area contributed by atoms with E-state index in [1.807, 2.05) is 47.1 Å².